The molecule has 7 heteroatoms. The van der Waals surface area contributed by atoms with Crippen LogP contribution < -0.4 is 0 Å². The molecule has 1 aromatic heterocycles. The monoisotopic (exact) mass is 633 g/mol. The van der Waals surface area contributed by atoms with Gasteiger partial charge in [-0.25, -0.2) is 9.97 Å². The van der Waals surface area contributed by atoms with Crippen LogP contribution in [-0.2, 0) is 0 Å². The molecular weight excluding hydrogens is 593 g/mol. The quantitative estimate of drug-likeness (QED) is 0.333. The summed E-state index contributed by atoms with van der Waals surface area (Å²) in [5, 5.41) is 0. The van der Waals surface area contributed by atoms with Crippen molar-refractivity contribution in [3.05, 3.63) is 92.1 Å². The summed E-state index contributed by atoms with van der Waals surface area (Å²) in [4.78, 5) is 29.3. The van der Waals surface area contributed by atoms with E-state index in [0.29, 0.717) is 11.6 Å². The van der Waals surface area contributed by atoms with Gasteiger partial charge in [0, 0.05) is 47.9 Å². The number of nitrogens with zero attached hydrogens (tertiary/aromatic N) is 5. The predicted octanol–water partition coefficient (Wildman–Crippen LogP) is 5.80. The van der Waals surface area contributed by atoms with Crippen molar-refractivity contribution >= 4 is 28.5 Å². The Labute approximate surface area is 247 Å². The first-order chi connectivity index (χ1) is 18.7. The number of rotatable bonds is 5. The molecule has 0 radical (unpaired) electrons. The van der Waals surface area contributed by atoms with Gasteiger partial charge in [-0.1, -0.05) is 42.0 Å². The molecule has 0 aliphatic carbocycles. The van der Waals surface area contributed by atoms with E-state index < -0.39 is 0 Å². The van der Waals surface area contributed by atoms with Crippen LogP contribution in [0.2, 0.25) is 0 Å². The van der Waals surface area contributed by atoms with Gasteiger partial charge in [0.1, 0.15) is 6.33 Å². The Morgan fingerprint density at radius 2 is 1.46 bits per heavy atom. The SMILES string of the molecule is Cc1ccc([C@H](c2ccc([123I])cc2)N2CCN(C3(C)CCN(C(=O)c4c(C)ncnc4C)CC3)C[C@@H]2C)cc1. The van der Waals surface area contributed by atoms with Crippen LogP contribution in [0.3, 0.4) is 0 Å². The van der Waals surface area contributed by atoms with Crippen LogP contribution in [0.5, 0.6) is 0 Å². The zero-order valence-electron chi connectivity index (χ0n) is 23.8. The molecule has 6 nitrogen and oxygen atoms in total. The van der Waals surface area contributed by atoms with E-state index in [-0.39, 0.29) is 17.5 Å². The van der Waals surface area contributed by atoms with Crippen molar-refractivity contribution in [1.29, 1.82) is 0 Å². The zero-order valence-corrected chi connectivity index (χ0v) is 26.0. The van der Waals surface area contributed by atoms with Crippen LogP contribution in [0.4, 0.5) is 0 Å². The largest absolute Gasteiger partial charge is 0.338 e. The Kier molecular flexibility index (Phi) is 8.40. The van der Waals surface area contributed by atoms with Crippen molar-refractivity contribution in [1.82, 2.24) is 24.7 Å². The molecule has 0 spiro atoms. The lowest BCUT2D eigenvalue weighted by molar-refractivity contribution is -0.0253. The molecule has 0 bridgehead atoms. The fourth-order valence-corrected chi connectivity index (χ4v) is 6.74. The summed E-state index contributed by atoms with van der Waals surface area (Å²) in [5.74, 6) is 0.0734. The molecule has 2 atom stereocenters. The van der Waals surface area contributed by atoms with Crippen LogP contribution in [0.15, 0.2) is 54.9 Å². The molecule has 2 saturated heterocycles. The Hall–Kier alpha value is -2.36. The summed E-state index contributed by atoms with van der Waals surface area (Å²) in [6.45, 7) is 15.4. The van der Waals surface area contributed by atoms with E-state index in [4.69, 9.17) is 0 Å². The summed E-state index contributed by atoms with van der Waals surface area (Å²) in [5.41, 5.74) is 6.30. The minimum absolute atomic E-state index is 0.0734. The number of carbonyl (C=O) groups is 1. The van der Waals surface area contributed by atoms with Crippen molar-refractivity contribution in [2.75, 3.05) is 32.7 Å². The van der Waals surface area contributed by atoms with Gasteiger partial charge in [0.15, 0.2) is 0 Å². The highest BCUT2D eigenvalue weighted by atomic mass is 123. The van der Waals surface area contributed by atoms with Gasteiger partial charge in [0.2, 0.25) is 0 Å². The second kappa shape index (κ2) is 11.6. The van der Waals surface area contributed by atoms with Crippen LogP contribution in [0, 0.1) is 24.3 Å². The number of hydrogen-bond donors (Lipinski definition) is 0. The Morgan fingerprint density at radius 1 is 0.897 bits per heavy atom. The number of benzene rings is 2. The first-order valence-corrected chi connectivity index (χ1v) is 15.1. The normalized spacial score (nSPS) is 21.1. The van der Waals surface area contributed by atoms with Gasteiger partial charge in [0.25, 0.3) is 5.91 Å². The molecule has 3 aromatic rings. The zero-order chi connectivity index (χ0) is 27.7. The molecule has 3 heterocycles. The van der Waals surface area contributed by atoms with Crippen LogP contribution in [0.1, 0.15) is 71.2 Å². The Bertz CT molecular complexity index is 1240. The maximum atomic E-state index is 13.3. The molecule has 1 amide bonds. The van der Waals surface area contributed by atoms with Crippen molar-refractivity contribution in [3.8, 4) is 0 Å². The standard InChI is InChI=1S/C32H40IN5O/c1-22-6-8-26(9-7-22)30(27-10-12-28(33)13-11-27)38-19-18-37(20-23(38)2)32(5)14-16-36(17-15-32)31(39)29-24(3)34-21-35-25(29)4/h6-13,21,23,30H,14-20H2,1-5H3/t23-,30+/m0/s1/i33-4. The Morgan fingerprint density at radius 3 is 2.03 bits per heavy atom. The molecule has 2 aliphatic rings. The van der Waals surface area contributed by atoms with Crippen molar-refractivity contribution in [2.24, 2.45) is 0 Å². The molecule has 0 N–H and O–H groups in total. The number of halogens is 1. The van der Waals surface area contributed by atoms with Gasteiger partial charge in [0.05, 0.1) is 23.0 Å². The average molecular weight is 634 g/mol. The lowest BCUT2D eigenvalue weighted by atomic mass is 9.85. The second-order valence-electron chi connectivity index (χ2n) is 11.6. The number of aromatic nitrogens is 2. The molecule has 39 heavy (non-hydrogen) atoms. The number of piperidine rings is 1. The minimum atomic E-state index is 0.0734. The van der Waals surface area contributed by atoms with Crippen molar-refractivity contribution in [3.63, 3.8) is 0 Å². The van der Waals surface area contributed by atoms with E-state index >= 15 is 0 Å². The minimum Gasteiger partial charge on any atom is -0.338 e. The van der Waals surface area contributed by atoms with E-state index in [2.05, 4.69) is 112 Å². The lowest BCUT2D eigenvalue weighted by Gasteiger charge is -2.53. The lowest BCUT2D eigenvalue weighted by Crippen LogP contribution is -2.62. The highest BCUT2D eigenvalue weighted by molar-refractivity contribution is 14.1. The number of hydrogen-bond acceptors (Lipinski definition) is 5. The van der Waals surface area contributed by atoms with Crippen molar-refractivity contribution in [2.45, 2.75) is 65.1 Å². The Balaban J connectivity index is 1.29. The topological polar surface area (TPSA) is 52.6 Å². The summed E-state index contributed by atoms with van der Waals surface area (Å²) in [6, 6.07) is 18.7. The van der Waals surface area contributed by atoms with Crippen LogP contribution >= 0.6 is 22.6 Å². The van der Waals surface area contributed by atoms with Gasteiger partial charge in [-0.3, -0.25) is 14.6 Å². The molecule has 2 aromatic carbocycles. The van der Waals surface area contributed by atoms with E-state index in [1.165, 1.54) is 26.6 Å². The number of likely N-dealkylation sites (tertiary alicyclic amines) is 1. The van der Waals surface area contributed by atoms with Crippen LogP contribution in [0.25, 0.3) is 0 Å². The van der Waals surface area contributed by atoms with E-state index in [1.807, 2.05) is 18.7 Å². The molecule has 5 rings (SSSR count). The summed E-state index contributed by atoms with van der Waals surface area (Å²) in [6.07, 6.45) is 3.50. The van der Waals surface area contributed by atoms with Crippen LogP contribution in [-0.4, -0.2) is 74.9 Å². The van der Waals surface area contributed by atoms with E-state index in [0.717, 1.165) is 57.0 Å². The molecule has 2 aliphatic heterocycles. The highest BCUT2D eigenvalue weighted by Crippen LogP contribution is 2.36. The smallest absolute Gasteiger partial charge is 0.257 e. The fraction of sp³-hybridized carbons (Fsp3) is 0.469. The molecule has 0 saturated carbocycles. The third-order valence-electron chi connectivity index (χ3n) is 8.92. The summed E-state index contributed by atoms with van der Waals surface area (Å²) in [7, 11) is 0. The fourth-order valence-electron chi connectivity index (χ4n) is 6.38. The highest BCUT2D eigenvalue weighted by Gasteiger charge is 2.41. The third kappa shape index (κ3) is 5.91. The first-order valence-electron chi connectivity index (χ1n) is 14.1. The second-order valence-corrected chi connectivity index (χ2v) is 12.9. The maximum absolute atomic E-state index is 13.3. The number of piperazine rings is 1. The van der Waals surface area contributed by atoms with Gasteiger partial charge < -0.3 is 4.90 Å². The third-order valence-corrected chi connectivity index (χ3v) is 9.64. The van der Waals surface area contributed by atoms with E-state index in [1.54, 1.807) is 0 Å². The summed E-state index contributed by atoms with van der Waals surface area (Å²) >= 11 is 2.39. The molecule has 0 unspecified atom stereocenters. The molecular formula is C32H40IN5O. The number of carbonyl (C=O) groups excluding carboxylic acids is 1. The summed E-state index contributed by atoms with van der Waals surface area (Å²) < 4.78 is 1.26. The van der Waals surface area contributed by atoms with Gasteiger partial charge in [-0.15, -0.1) is 0 Å². The first kappa shape index (κ1) is 28.2. The predicted molar refractivity (Wildman–Crippen MR) is 165 cm³/mol. The number of aryl methyl sites for hydroxylation is 3. The molecule has 206 valence electrons. The van der Waals surface area contributed by atoms with Gasteiger partial charge >= 0.3 is 0 Å². The van der Waals surface area contributed by atoms with Gasteiger partial charge in [-0.05, 0) is 93.3 Å². The average Bonchev–Trinajstić information content (AvgIpc) is 2.92. The number of amides is 1. The maximum Gasteiger partial charge on any atom is 0.257 e. The van der Waals surface area contributed by atoms with E-state index in [9.17, 15) is 4.79 Å². The molecule has 2 fully saturated rings. The van der Waals surface area contributed by atoms with Crippen molar-refractivity contribution < 1.29 is 4.79 Å². The van der Waals surface area contributed by atoms with Gasteiger partial charge in [-0.2, -0.15) is 0 Å².